The average molecular weight is 396 g/mol. The Morgan fingerprint density at radius 2 is 2.33 bits per heavy atom. The van der Waals surface area contributed by atoms with E-state index in [0.29, 0.717) is 41.2 Å². The van der Waals surface area contributed by atoms with Crippen molar-refractivity contribution in [2.45, 2.75) is 17.1 Å². The summed E-state index contributed by atoms with van der Waals surface area (Å²) >= 11 is 4.44. The lowest BCUT2D eigenvalue weighted by Gasteiger charge is -2.30. The highest BCUT2D eigenvalue weighted by atomic mass is 79.9. The van der Waals surface area contributed by atoms with Gasteiger partial charge in [-0.1, -0.05) is 0 Å². The van der Waals surface area contributed by atoms with Crippen LogP contribution in [0.3, 0.4) is 0 Å². The molecule has 0 aliphatic carbocycles. The molecule has 1 fully saturated rings. The summed E-state index contributed by atoms with van der Waals surface area (Å²) in [6.45, 7) is 1.47. The average Bonchev–Trinajstić information content (AvgIpc) is 2.91. The Morgan fingerprint density at radius 1 is 1.57 bits per heavy atom. The van der Waals surface area contributed by atoms with Crippen LogP contribution in [0.4, 0.5) is 0 Å². The van der Waals surface area contributed by atoms with Crippen molar-refractivity contribution < 1.29 is 13.2 Å². The number of hydrogen-bond acceptors (Lipinski definition) is 5. The molecule has 1 aromatic rings. The van der Waals surface area contributed by atoms with Gasteiger partial charge in [-0.15, -0.1) is 11.3 Å². The standard InChI is InChI=1S/C12H18BrN3O3S2/c13-10-3-7-20-12(10)21(18,19)16-6-1-2-9(8-16)11(17)15-5-4-14/h3,7,9H,1-2,4-6,8,14H2,(H,15,17). The SMILES string of the molecule is NCCNC(=O)C1CCCN(S(=O)(=O)c2sccc2Br)C1. The van der Waals surface area contributed by atoms with Gasteiger partial charge in [0.1, 0.15) is 4.21 Å². The van der Waals surface area contributed by atoms with Crippen molar-refractivity contribution in [3.8, 4) is 0 Å². The Labute approximate surface area is 136 Å². The Bertz CT molecular complexity index is 603. The molecule has 9 heteroatoms. The van der Waals surface area contributed by atoms with Crippen LogP contribution in [-0.2, 0) is 14.8 Å². The molecule has 0 radical (unpaired) electrons. The number of nitrogens with two attached hydrogens (primary N) is 1. The van der Waals surface area contributed by atoms with Crippen LogP contribution in [0.15, 0.2) is 20.1 Å². The van der Waals surface area contributed by atoms with Gasteiger partial charge in [0.05, 0.1) is 5.92 Å². The van der Waals surface area contributed by atoms with Gasteiger partial charge in [0.25, 0.3) is 10.0 Å². The zero-order chi connectivity index (χ0) is 15.5. The lowest BCUT2D eigenvalue weighted by Crippen LogP contribution is -2.46. The molecular weight excluding hydrogens is 378 g/mol. The summed E-state index contributed by atoms with van der Waals surface area (Å²) in [7, 11) is -3.54. The predicted molar refractivity (Wildman–Crippen MR) is 85.6 cm³/mol. The molecule has 0 bridgehead atoms. The number of thiophene rings is 1. The first-order chi connectivity index (χ1) is 9.96. The van der Waals surface area contributed by atoms with Crippen LogP contribution >= 0.6 is 27.3 Å². The van der Waals surface area contributed by atoms with Gasteiger partial charge in [-0.2, -0.15) is 4.31 Å². The molecule has 1 aliphatic rings. The third kappa shape index (κ3) is 3.84. The summed E-state index contributed by atoms with van der Waals surface area (Å²) in [5, 5.41) is 4.46. The van der Waals surface area contributed by atoms with Gasteiger partial charge in [0.15, 0.2) is 0 Å². The molecule has 0 saturated carbocycles. The van der Waals surface area contributed by atoms with Crippen LogP contribution in [0, 0.1) is 5.92 Å². The minimum Gasteiger partial charge on any atom is -0.355 e. The van der Waals surface area contributed by atoms with Gasteiger partial charge in [-0.05, 0) is 40.2 Å². The van der Waals surface area contributed by atoms with Crippen molar-refractivity contribution in [2.24, 2.45) is 11.7 Å². The molecular formula is C12H18BrN3O3S2. The minimum atomic E-state index is -3.54. The van der Waals surface area contributed by atoms with E-state index in [1.54, 1.807) is 11.4 Å². The number of rotatable bonds is 5. The lowest BCUT2D eigenvalue weighted by molar-refractivity contribution is -0.126. The maximum absolute atomic E-state index is 12.6. The Balaban J connectivity index is 2.11. The van der Waals surface area contributed by atoms with Crippen LogP contribution in [0.2, 0.25) is 0 Å². The Kier molecular flexibility index (Phi) is 5.78. The molecule has 1 saturated heterocycles. The molecule has 6 nitrogen and oxygen atoms in total. The lowest BCUT2D eigenvalue weighted by atomic mass is 9.99. The molecule has 1 unspecified atom stereocenters. The van der Waals surface area contributed by atoms with E-state index in [1.165, 1.54) is 15.6 Å². The molecule has 1 aromatic heterocycles. The number of carbonyl (C=O) groups excluding carboxylic acids is 1. The number of piperidine rings is 1. The summed E-state index contributed by atoms with van der Waals surface area (Å²) in [6.07, 6.45) is 1.39. The summed E-state index contributed by atoms with van der Waals surface area (Å²) in [4.78, 5) is 12.0. The summed E-state index contributed by atoms with van der Waals surface area (Å²) in [5.74, 6) is -0.426. The van der Waals surface area contributed by atoms with Gasteiger partial charge in [-0.3, -0.25) is 4.79 Å². The number of halogens is 1. The monoisotopic (exact) mass is 395 g/mol. The van der Waals surface area contributed by atoms with Crippen LogP contribution < -0.4 is 11.1 Å². The van der Waals surface area contributed by atoms with Gasteiger partial charge in [-0.25, -0.2) is 8.42 Å². The van der Waals surface area contributed by atoms with Crippen molar-refractivity contribution in [1.82, 2.24) is 9.62 Å². The summed E-state index contributed by atoms with van der Waals surface area (Å²) in [5.41, 5.74) is 5.36. The van der Waals surface area contributed by atoms with E-state index >= 15 is 0 Å². The largest absolute Gasteiger partial charge is 0.355 e. The molecule has 2 rings (SSSR count). The van der Waals surface area contributed by atoms with E-state index in [2.05, 4.69) is 21.2 Å². The van der Waals surface area contributed by atoms with E-state index in [9.17, 15) is 13.2 Å². The highest BCUT2D eigenvalue weighted by molar-refractivity contribution is 9.10. The van der Waals surface area contributed by atoms with Crippen molar-refractivity contribution in [1.29, 1.82) is 0 Å². The summed E-state index contributed by atoms with van der Waals surface area (Å²) < 4.78 is 27.5. The van der Waals surface area contributed by atoms with E-state index in [1.807, 2.05) is 0 Å². The summed E-state index contributed by atoms with van der Waals surface area (Å²) in [6, 6.07) is 1.72. The van der Waals surface area contributed by atoms with Gasteiger partial charge < -0.3 is 11.1 Å². The third-order valence-corrected chi connectivity index (χ3v) is 7.87. The fourth-order valence-corrected chi connectivity index (χ4v) is 6.27. The second-order valence-electron chi connectivity index (χ2n) is 4.84. The van der Waals surface area contributed by atoms with Crippen LogP contribution in [0.5, 0.6) is 0 Å². The maximum Gasteiger partial charge on any atom is 0.253 e. The number of nitrogens with zero attached hydrogens (tertiary/aromatic N) is 1. The molecule has 0 aromatic carbocycles. The van der Waals surface area contributed by atoms with Crippen molar-refractivity contribution in [2.75, 3.05) is 26.2 Å². The van der Waals surface area contributed by atoms with E-state index < -0.39 is 10.0 Å². The topological polar surface area (TPSA) is 92.5 Å². The van der Waals surface area contributed by atoms with Crippen LogP contribution in [-0.4, -0.2) is 44.8 Å². The molecule has 1 atom stereocenters. The molecule has 21 heavy (non-hydrogen) atoms. The molecule has 2 heterocycles. The Hall–Kier alpha value is -0.480. The first-order valence-electron chi connectivity index (χ1n) is 6.67. The third-order valence-electron chi connectivity index (χ3n) is 3.36. The van der Waals surface area contributed by atoms with Crippen molar-refractivity contribution >= 4 is 43.2 Å². The maximum atomic E-state index is 12.6. The van der Waals surface area contributed by atoms with Gasteiger partial charge in [0, 0.05) is 30.7 Å². The number of sulfonamides is 1. The van der Waals surface area contributed by atoms with Crippen LogP contribution in [0.1, 0.15) is 12.8 Å². The number of nitrogens with one attached hydrogen (secondary N) is 1. The number of amides is 1. The van der Waals surface area contributed by atoms with Crippen molar-refractivity contribution in [3.05, 3.63) is 15.9 Å². The fraction of sp³-hybridized carbons (Fsp3) is 0.583. The van der Waals surface area contributed by atoms with E-state index in [0.717, 1.165) is 0 Å². The second-order valence-corrected chi connectivity index (χ2v) is 8.74. The fourth-order valence-electron chi connectivity index (χ4n) is 2.30. The van der Waals surface area contributed by atoms with E-state index in [4.69, 9.17) is 5.73 Å². The minimum absolute atomic E-state index is 0.120. The quantitative estimate of drug-likeness (QED) is 0.776. The van der Waals surface area contributed by atoms with Gasteiger partial charge >= 0.3 is 0 Å². The molecule has 118 valence electrons. The highest BCUT2D eigenvalue weighted by Crippen LogP contribution is 2.32. The zero-order valence-corrected chi connectivity index (χ0v) is 14.6. The molecule has 3 N–H and O–H groups in total. The molecule has 0 spiro atoms. The molecule has 1 amide bonds. The predicted octanol–water partition coefficient (Wildman–Crippen LogP) is 0.986. The van der Waals surface area contributed by atoms with E-state index in [-0.39, 0.29) is 18.4 Å². The normalized spacial score (nSPS) is 20.4. The van der Waals surface area contributed by atoms with Crippen LogP contribution in [0.25, 0.3) is 0 Å². The first-order valence-corrected chi connectivity index (χ1v) is 9.79. The second kappa shape index (κ2) is 7.19. The number of hydrogen-bond donors (Lipinski definition) is 2. The van der Waals surface area contributed by atoms with Gasteiger partial charge in [0.2, 0.25) is 5.91 Å². The smallest absolute Gasteiger partial charge is 0.253 e. The first kappa shape index (κ1) is 16.9. The van der Waals surface area contributed by atoms with Crippen molar-refractivity contribution in [3.63, 3.8) is 0 Å². The molecule has 1 aliphatic heterocycles. The highest BCUT2D eigenvalue weighted by Gasteiger charge is 2.34. The number of carbonyl (C=O) groups is 1. The zero-order valence-electron chi connectivity index (χ0n) is 11.4. The Morgan fingerprint density at radius 3 is 2.95 bits per heavy atom.